The van der Waals surface area contributed by atoms with E-state index in [0.717, 1.165) is 83.3 Å². The standard InChI is InChI=1S/C20H34N6O2/c1-21-20(25-12-14-28-17(15-25)16-7-6-13-27-16)22-10-5-9-19-24-23-18-8-3-2-4-11-26(18)19/h16-17H,2-15H2,1H3,(H,21,22). The molecule has 156 valence electrons. The normalized spacial score (nSPS) is 26.2. The van der Waals surface area contributed by atoms with Gasteiger partial charge in [0, 0.05) is 52.7 Å². The van der Waals surface area contributed by atoms with Gasteiger partial charge in [-0.05, 0) is 32.1 Å². The highest BCUT2D eigenvalue weighted by Gasteiger charge is 2.32. The maximum absolute atomic E-state index is 5.96. The summed E-state index contributed by atoms with van der Waals surface area (Å²) in [7, 11) is 1.86. The van der Waals surface area contributed by atoms with Gasteiger partial charge in [0.2, 0.25) is 0 Å². The van der Waals surface area contributed by atoms with Gasteiger partial charge in [-0.2, -0.15) is 0 Å². The first-order chi connectivity index (χ1) is 13.8. The van der Waals surface area contributed by atoms with Crippen molar-refractivity contribution in [2.24, 2.45) is 4.99 Å². The van der Waals surface area contributed by atoms with Crippen LogP contribution < -0.4 is 5.32 Å². The fourth-order valence-electron chi connectivity index (χ4n) is 4.50. The van der Waals surface area contributed by atoms with E-state index in [1.165, 1.54) is 25.1 Å². The smallest absolute Gasteiger partial charge is 0.193 e. The molecule has 8 nitrogen and oxygen atoms in total. The average Bonchev–Trinajstić information content (AvgIpc) is 3.34. The third-order valence-corrected chi connectivity index (χ3v) is 6.03. The molecule has 0 saturated carbocycles. The molecule has 4 rings (SSSR count). The van der Waals surface area contributed by atoms with E-state index in [2.05, 4.69) is 30.0 Å². The summed E-state index contributed by atoms with van der Waals surface area (Å²) in [6.45, 7) is 5.28. The molecule has 2 saturated heterocycles. The molecule has 0 aromatic carbocycles. The quantitative estimate of drug-likeness (QED) is 0.465. The highest BCUT2D eigenvalue weighted by atomic mass is 16.5. The van der Waals surface area contributed by atoms with E-state index in [1.807, 2.05) is 7.05 Å². The van der Waals surface area contributed by atoms with Crippen LogP contribution in [0.2, 0.25) is 0 Å². The Morgan fingerprint density at radius 1 is 1.11 bits per heavy atom. The van der Waals surface area contributed by atoms with E-state index in [1.54, 1.807) is 0 Å². The molecule has 3 aliphatic heterocycles. The summed E-state index contributed by atoms with van der Waals surface area (Å²) in [5.41, 5.74) is 0. The number of aryl methyl sites for hydroxylation is 2. The first-order valence-corrected chi connectivity index (χ1v) is 10.9. The second-order valence-corrected chi connectivity index (χ2v) is 7.98. The Morgan fingerprint density at radius 2 is 2.04 bits per heavy atom. The number of nitrogens with zero attached hydrogens (tertiary/aromatic N) is 5. The van der Waals surface area contributed by atoms with Crippen LogP contribution in [0, 0.1) is 0 Å². The molecule has 3 aliphatic rings. The summed E-state index contributed by atoms with van der Waals surface area (Å²) >= 11 is 0. The van der Waals surface area contributed by atoms with Crippen LogP contribution in [0.4, 0.5) is 0 Å². The lowest BCUT2D eigenvalue weighted by Gasteiger charge is -2.37. The molecule has 2 unspecified atom stereocenters. The second-order valence-electron chi connectivity index (χ2n) is 7.98. The Labute approximate surface area is 167 Å². The number of aromatic nitrogens is 3. The van der Waals surface area contributed by atoms with E-state index >= 15 is 0 Å². The maximum Gasteiger partial charge on any atom is 0.193 e. The van der Waals surface area contributed by atoms with Crippen LogP contribution in [0.25, 0.3) is 0 Å². The second kappa shape index (κ2) is 9.69. The molecule has 28 heavy (non-hydrogen) atoms. The van der Waals surface area contributed by atoms with Gasteiger partial charge >= 0.3 is 0 Å². The first-order valence-electron chi connectivity index (χ1n) is 10.9. The zero-order valence-electron chi connectivity index (χ0n) is 17.1. The first kappa shape index (κ1) is 19.6. The van der Waals surface area contributed by atoms with Gasteiger partial charge in [0.1, 0.15) is 17.8 Å². The van der Waals surface area contributed by atoms with Crippen LogP contribution in [-0.2, 0) is 28.9 Å². The summed E-state index contributed by atoms with van der Waals surface area (Å²) in [5, 5.41) is 12.4. The van der Waals surface area contributed by atoms with Gasteiger partial charge in [-0.3, -0.25) is 4.99 Å². The van der Waals surface area contributed by atoms with Crippen LogP contribution >= 0.6 is 0 Å². The van der Waals surface area contributed by atoms with Crippen LogP contribution in [0.3, 0.4) is 0 Å². The van der Waals surface area contributed by atoms with Crippen molar-refractivity contribution < 1.29 is 9.47 Å². The minimum atomic E-state index is 0.154. The fourth-order valence-corrected chi connectivity index (χ4v) is 4.50. The lowest BCUT2D eigenvalue weighted by Crippen LogP contribution is -2.53. The number of hydrogen-bond acceptors (Lipinski definition) is 5. The summed E-state index contributed by atoms with van der Waals surface area (Å²) in [6, 6.07) is 0. The number of morpholine rings is 1. The minimum absolute atomic E-state index is 0.154. The molecule has 0 bridgehead atoms. The zero-order valence-corrected chi connectivity index (χ0v) is 17.1. The number of nitrogens with one attached hydrogen (secondary N) is 1. The lowest BCUT2D eigenvalue weighted by molar-refractivity contribution is -0.0816. The molecule has 0 aliphatic carbocycles. The molecular formula is C20H34N6O2. The van der Waals surface area contributed by atoms with Crippen molar-refractivity contribution in [2.45, 2.75) is 70.1 Å². The summed E-state index contributed by atoms with van der Waals surface area (Å²) in [5.74, 6) is 3.27. The monoisotopic (exact) mass is 390 g/mol. The molecule has 2 fully saturated rings. The number of ether oxygens (including phenoxy) is 2. The van der Waals surface area contributed by atoms with Crippen LogP contribution in [0.1, 0.15) is 50.2 Å². The van der Waals surface area contributed by atoms with Crippen LogP contribution in [-0.4, -0.2) is 77.7 Å². The maximum atomic E-state index is 5.96. The molecule has 1 aromatic rings. The fraction of sp³-hybridized carbons (Fsp3) is 0.850. The molecule has 2 atom stereocenters. The highest BCUT2D eigenvalue weighted by Crippen LogP contribution is 2.21. The van der Waals surface area contributed by atoms with Crippen molar-refractivity contribution in [2.75, 3.05) is 39.9 Å². The number of guanidine groups is 1. The predicted molar refractivity (Wildman–Crippen MR) is 108 cm³/mol. The number of aliphatic imine (C=N–C) groups is 1. The third kappa shape index (κ3) is 4.66. The van der Waals surface area contributed by atoms with E-state index < -0.39 is 0 Å². The molecule has 1 N–H and O–H groups in total. The number of fused-ring (bicyclic) bond motifs is 1. The van der Waals surface area contributed by atoms with Crippen molar-refractivity contribution in [1.82, 2.24) is 25.0 Å². The predicted octanol–water partition coefficient (Wildman–Crippen LogP) is 1.39. The van der Waals surface area contributed by atoms with Gasteiger partial charge in [0.05, 0.1) is 12.7 Å². The number of rotatable bonds is 5. The van der Waals surface area contributed by atoms with Crippen molar-refractivity contribution in [3.63, 3.8) is 0 Å². The third-order valence-electron chi connectivity index (χ3n) is 6.03. The molecule has 8 heteroatoms. The summed E-state index contributed by atoms with van der Waals surface area (Å²) < 4.78 is 14.1. The van der Waals surface area contributed by atoms with Crippen molar-refractivity contribution in [3.05, 3.63) is 11.6 Å². The molecule has 0 radical (unpaired) electrons. The lowest BCUT2D eigenvalue weighted by atomic mass is 10.1. The van der Waals surface area contributed by atoms with E-state index in [4.69, 9.17) is 9.47 Å². The largest absolute Gasteiger partial charge is 0.375 e. The molecular weight excluding hydrogens is 356 g/mol. The van der Waals surface area contributed by atoms with Gasteiger partial charge in [-0.1, -0.05) is 6.42 Å². The molecule has 0 amide bonds. The minimum Gasteiger partial charge on any atom is -0.375 e. The molecule has 4 heterocycles. The Hall–Kier alpha value is -1.67. The average molecular weight is 391 g/mol. The van der Waals surface area contributed by atoms with Crippen molar-refractivity contribution in [3.8, 4) is 0 Å². The van der Waals surface area contributed by atoms with Gasteiger partial charge in [0.25, 0.3) is 0 Å². The Morgan fingerprint density at radius 3 is 2.89 bits per heavy atom. The Bertz CT molecular complexity index is 655. The van der Waals surface area contributed by atoms with Crippen LogP contribution in [0.15, 0.2) is 4.99 Å². The Balaban J connectivity index is 1.24. The van der Waals surface area contributed by atoms with Gasteiger partial charge in [-0.25, -0.2) is 0 Å². The van der Waals surface area contributed by atoms with Crippen LogP contribution in [0.5, 0.6) is 0 Å². The van der Waals surface area contributed by atoms with E-state index in [0.29, 0.717) is 0 Å². The van der Waals surface area contributed by atoms with Gasteiger partial charge < -0.3 is 24.3 Å². The summed E-state index contributed by atoms with van der Waals surface area (Å²) in [4.78, 5) is 6.80. The summed E-state index contributed by atoms with van der Waals surface area (Å²) in [6.07, 6.45) is 9.47. The van der Waals surface area contributed by atoms with Crippen molar-refractivity contribution in [1.29, 1.82) is 0 Å². The van der Waals surface area contributed by atoms with Crippen molar-refractivity contribution >= 4 is 5.96 Å². The topological polar surface area (TPSA) is 76.8 Å². The van der Waals surface area contributed by atoms with E-state index in [-0.39, 0.29) is 12.2 Å². The molecule has 1 aromatic heterocycles. The SMILES string of the molecule is CN=C(NCCCc1nnc2n1CCCCC2)N1CCOC(C2CCCO2)C1. The number of hydrogen-bond donors (Lipinski definition) is 1. The Kier molecular flexibility index (Phi) is 6.80. The molecule has 0 spiro atoms. The highest BCUT2D eigenvalue weighted by molar-refractivity contribution is 5.80. The van der Waals surface area contributed by atoms with Gasteiger partial charge in [-0.15, -0.1) is 10.2 Å². The van der Waals surface area contributed by atoms with E-state index in [9.17, 15) is 0 Å². The zero-order chi connectivity index (χ0) is 19.2. The van der Waals surface area contributed by atoms with Gasteiger partial charge in [0.15, 0.2) is 5.96 Å².